The van der Waals surface area contributed by atoms with Crippen LogP contribution in [0.15, 0.2) is 47.5 Å². The quantitative estimate of drug-likeness (QED) is 0.215. The van der Waals surface area contributed by atoms with Crippen molar-refractivity contribution in [3.8, 4) is 5.75 Å². The molecule has 4 aliphatic rings. The number of aromatic hydroxyl groups is 1. The van der Waals surface area contributed by atoms with Crippen LogP contribution in [0, 0.1) is 17.8 Å². The Morgan fingerprint density at radius 1 is 1.02 bits per heavy atom. The monoisotopic (exact) mass is 614 g/mol. The van der Waals surface area contributed by atoms with Gasteiger partial charge in [0.25, 0.3) is 5.91 Å². The number of aliphatic hydroxyl groups is 3. The van der Waals surface area contributed by atoms with Gasteiger partial charge in [0.1, 0.15) is 22.8 Å². The van der Waals surface area contributed by atoms with Crippen molar-refractivity contribution in [2.24, 2.45) is 23.5 Å². The SMILES string of the molecule is NC(=O)C1=C(O)[C@@]2(O)C(=O)C3=C(O)c4c(O)c(CCC(=O)c5cccnc5)cc(CCC5CCCCC5)c4C[C@H]3C[C@H]2CC1=O. The Hall–Kier alpha value is -4.31. The first-order chi connectivity index (χ1) is 21.5. The first-order valence-corrected chi connectivity index (χ1v) is 15.8. The molecule has 3 atom stereocenters. The summed E-state index contributed by atoms with van der Waals surface area (Å²) in [5.74, 6) is -6.03. The topological polar surface area (TPSA) is 188 Å². The van der Waals surface area contributed by atoms with E-state index in [9.17, 15) is 39.6 Å². The number of amides is 1. The number of nitrogens with two attached hydrogens (primary N) is 1. The largest absolute Gasteiger partial charge is 0.508 e. The van der Waals surface area contributed by atoms with Crippen molar-refractivity contribution in [3.05, 3.63) is 75.3 Å². The van der Waals surface area contributed by atoms with Gasteiger partial charge in [-0.2, -0.15) is 0 Å². The molecule has 1 aromatic heterocycles. The zero-order chi connectivity index (χ0) is 32.0. The molecule has 1 aromatic carbocycles. The lowest BCUT2D eigenvalue weighted by Gasteiger charge is -2.46. The Morgan fingerprint density at radius 2 is 1.78 bits per heavy atom. The Balaban J connectivity index is 1.41. The number of phenolic OH excluding ortho intramolecular Hbond substituents is 1. The summed E-state index contributed by atoms with van der Waals surface area (Å²) in [6, 6.07) is 5.26. The second-order valence-corrected chi connectivity index (χ2v) is 13.0. The molecule has 2 fully saturated rings. The molecule has 6 N–H and O–H groups in total. The van der Waals surface area contributed by atoms with E-state index < -0.39 is 52.0 Å². The third kappa shape index (κ3) is 5.24. The van der Waals surface area contributed by atoms with Crippen LogP contribution in [-0.2, 0) is 33.6 Å². The highest BCUT2D eigenvalue weighted by atomic mass is 16.3. The summed E-state index contributed by atoms with van der Waals surface area (Å²) in [4.78, 5) is 55.5. The minimum atomic E-state index is -2.61. The summed E-state index contributed by atoms with van der Waals surface area (Å²) in [7, 11) is 0. The molecule has 6 rings (SSSR count). The van der Waals surface area contributed by atoms with Gasteiger partial charge in [0.2, 0.25) is 5.78 Å². The average molecular weight is 615 g/mol. The molecule has 236 valence electrons. The van der Waals surface area contributed by atoms with Crippen LogP contribution in [0.2, 0.25) is 0 Å². The molecule has 4 aliphatic carbocycles. The molecule has 2 aromatic rings. The number of benzene rings is 1. The van der Waals surface area contributed by atoms with Gasteiger partial charge in [0.05, 0.1) is 5.56 Å². The maximum Gasteiger partial charge on any atom is 0.255 e. The molecule has 0 aliphatic heterocycles. The fourth-order valence-electron chi connectivity index (χ4n) is 8.00. The number of ketones is 3. The van der Waals surface area contributed by atoms with Gasteiger partial charge in [-0.15, -0.1) is 0 Å². The zero-order valence-corrected chi connectivity index (χ0v) is 25.1. The molecule has 2 saturated carbocycles. The lowest BCUT2D eigenvalue weighted by Crippen LogP contribution is -2.58. The number of fused-ring (bicyclic) bond motifs is 3. The van der Waals surface area contributed by atoms with Crippen LogP contribution < -0.4 is 5.73 Å². The number of carbonyl (C=O) groups is 4. The average Bonchev–Trinajstić information content (AvgIpc) is 3.02. The molecule has 0 spiro atoms. The van der Waals surface area contributed by atoms with Crippen LogP contribution in [0.3, 0.4) is 0 Å². The third-order valence-electron chi connectivity index (χ3n) is 10.4. The molecule has 10 nitrogen and oxygen atoms in total. The van der Waals surface area contributed by atoms with E-state index >= 15 is 0 Å². The predicted octanol–water partition coefficient (Wildman–Crippen LogP) is 4.15. The first kappa shape index (κ1) is 30.7. The number of phenols is 1. The van der Waals surface area contributed by atoms with Gasteiger partial charge in [-0.1, -0.05) is 38.2 Å². The van der Waals surface area contributed by atoms with Crippen LogP contribution in [0.4, 0.5) is 0 Å². The molecule has 0 bridgehead atoms. The lowest BCUT2D eigenvalue weighted by atomic mass is 9.59. The molecular formula is C35H38N2O8. The number of hydrogen-bond donors (Lipinski definition) is 5. The van der Waals surface area contributed by atoms with E-state index in [1.807, 2.05) is 6.07 Å². The van der Waals surface area contributed by atoms with Gasteiger partial charge in [0.15, 0.2) is 17.2 Å². The Kier molecular flexibility index (Phi) is 8.11. The molecule has 45 heavy (non-hydrogen) atoms. The number of hydrogen-bond acceptors (Lipinski definition) is 9. The highest BCUT2D eigenvalue weighted by Gasteiger charge is 2.60. The van der Waals surface area contributed by atoms with Gasteiger partial charge >= 0.3 is 0 Å². The zero-order valence-electron chi connectivity index (χ0n) is 25.1. The predicted molar refractivity (Wildman–Crippen MR) is 163 cm³/mol. The minimum Gasteiger partial charge on any atom is -0.508 e. The van der Waals surface area contributed by atoms with Crippen molar-refractivity contribution in [1.82, 2.24) is 4.98 Å². The Bertz CT molecular complexity index is 1650. The maximum absolute atomic E-state index is 13.9. The van der Waals surface area contributed by atoms with Crippen molar-refractivity contribution < 1.29 is 39.6 Å². The molecular weight excluding hydrogens is 576 g/mol. The van der Waals surface area contributed by atoms with E-state index in [2.05, 4.69) is 4.98 Å². The number of carbonyl (C=O) groups excluding carboxylic acids is 4. The minimum absolute atomic E-state index is 0.0863. The van der Waals surface area contributed by atoms with Crippen molar-refractivity contribution in [1.29, 1.82) is 0 Å². The maximum atomic E-state index is 13.9. The van der Waals surface area contributed by atoms with E-state index in [0.29, 0.717) is 29.0 Å². The summed E-state index contributed by atoms with van der Waals surface area (Å²) in [6.07, 6.45) is 10.9. The number of primary amides is 1. The lowest BCUT2D eigenvalue weighted by molar-refractivity contribution is -0.147. The summed E-state index contributed by atoms with van der Waals surface area (Å²) in [6.45, 7) is 0. The number of Topliss-reactive ketones (excluding diaryl/α,β-unsaturated/α-hetero) is 3. The van der Waals surface area contributed by atoms with Gasteiger partial charge in [0, 0.05) is 42.3 Å². The smallest absolute Gasteiger partial charge is 0.255 e. The summed E-state index contributed by atoms with van der Waals surface area (Å²) >= 11 is 0. The van der Waals surface area contributed by atoms with Gasteiger partial charge in [-0.3, -0.25) is 24.2 Å². The van der Waals surface area contributed by atoms with E-state index in [4.69, 9.17) is 5.73 Å². The van der Waals surface area contributed by atoms with E-state index in [-0.39, 0.29) is 54.8 Å². The van der Waals surface area contributed by atoms with Gasteiger partial charge in [-0.05, 0) is 72.8 Å². The van der Waals surface area contributed by atoms with Crippen LogP contribution in [-0.4, -0.2) is 54.3 Å². The third-order valence-corrected chi connectivity index (χ3v) is 10.4. The second-order valence-electron chi connectivity index (χ2n) is 13.0. The van der Waals surface area contributed by atoms with Crippen molar-refractivity contribution >= 4 is 29.0 Å². The molecule has 1 heterocycles. The van der Waals surface area contributed by atoms with E-state index in [1.165, 1.54) is 25.5 Å². The Morgan fingerprint density at radius 3 is 2.47 bits per heavy atom. The standard InChI is InChI=1S/C35H38N2O8/c36-34(44)29-26(39)16-23-14-22-15-24-19(9-8-18-5-2-1-3-6-18)13-20(10-11-25(38)21-7-4-12-37-17-21)30(40)28(24)31(41)27(22)32(42)35(23,45)33(29)43/h4,7,12-13,17-18,22-23,40-41,43,45H,1-3,5-6,8-11,14-16H2,(H2,36,44)/t22-,23+,35+/m1/s1. The fraction of sp³-hybridized carbons (Fsp3) is 0.457. The summed E-state index contributed by atoms with van der Waals surface area (Å²) in [5.41, 5.74) is 4.33. The molecule has 10 heteroatoms. The fourth-order valence-corrected chi connectivity index (χ4v) is 8.00. The van der Waals surface area contributed by atoms with Crippen molar-refractivity contribution in [3.63, 3.8) is 0 Å². The number of aromatic nitrogens is 1. The number of rotatable bonds is 8. The number of pyridine rings is 1. The number of aryl methyl sites for hydroxylation is 2. The van der Waals surface area contributed by atoms with Crippen molar-refractivity contribution in [2.45, 2.75) is 82.7 Å². The van der Waals surface area contributed by atoms with E-state index in [1.54, 1.807) is 18.3 Å². The van der Waals surface area contributed by atoms with Crippen LogP contribution in [0.1, 0.15) is 90.4 Å². The van der Waals surface area contributed by atoms with Crippen molar-refractivity contribution in [2.75, 3.05) is 0 Å². The molecule has 0 radical (unpaired) electrons. The molecule has 0 saturated heterocycles. The van der Waals surface area contributed by atoms with Crippen LogP contribution in [0.25, 0.3) is 5.76 Å². The molecule has 0 unspecified atom stereocenters. The van der Waals surface area contributed by atoms with Gasteiger partial charge in [-0.25, -0.2) is 0 Å². The highest BCUT2D eigenvalue weighted by molar-refractivity contribution is 6.22. The number of aliphatic hydroxyl groups excluding tert-OH is 2. The van der Waals surface area contributed by atoms with E-state index in [0.717, 1.165) is 24.8 Å². The summed E-state index contributed by atoms with van der Waals surface area (Å²) < 4.78 is 0. The van der Waals surface area contributed by atoms with Crippen LogP contribution >= 0.6 is 0 Å². The van der Waals surface area contributed by atoms with Crippen LogP contribution in [0.5, 0.6) is 5.75 Å². The second kappa shape index (κ2) is 11.9. The van der Waals surface area contributed by atoms with Gasteiger partial charge < -0.3 is 26.2 Å². The summed E-state index contributed by atoms with van der Waals surface area (Å²) in [5, 5.41) is 45.7. The normalized spacial score (nSPS) is 25.1. The molecule has 1 amide bonds. The first-order valence-electron chi connectivity index (χ1n) is 15.8. The highest BCUT2D eigenvalue weighted by Crippen LogP contribution is 2.53. The Labute approximate surface area is 260 Å². The number of nitrogens with zero attached hydrogens (tertiary/aromatic N) is 1.